The summed E-state index contributed by atoms with van der Waals surface area (Å²) in [5.41, 5.74) is -0.353. The molecule has 0 radical (unpaired) electrons. The minimum absolute atomic E-state index is 0.0187. The summed E-state index contributed by atoms with van der Waals surface area (Å²) in [7, 11) is 1.44. The minimum atomic E-state index is -0.546. The van der Waals surface area contributed by atoms with E-state index in [4.69, 9.17) is 14.2 Å². The first-order valence-electron chi connectivity index (χ1n) is 16.5. The molecular weight excluding hydrogens is 596 g/mol. The summed E-state index contributed by atoms with van der Waals surface area (Å²) in [5.74, 6) is 0.508. The first-order valence-corrected chi connectivity index (χ1v) is 17.6. The van der Waals surface area contributed by atoms with Crippen molar-refractivity contribution in [1.82, 2.24) is 0 Å². The summed E-state index contributed by atoms with van der Waals surface area (Å²) in [6.07, 6.45) is 7.46. The van der Waals surface area contributed by atoms with Gasteiger partial charge in [-0.1, -0.05) is 48.9 Å². The predicted molar refractivity (Wildman–Crippen MR) is 167 cm³/mol. The highest BCUT2D eigenvalue weighted by Crippen LogP contribution is 2.77. The molecule has 1 N–H and O–H groups in total. The Morgan fingerprint density at radius 3 is 2.38 bits per heavy atom. The Morgan fingerprint density at radius 1 is 1.02 bits per heavy atom. The number of fused-ring (bicyclic) bond motifs is 7. The van der Waals surface area contributed by atoms with Crippen molar-refractivity contribution in [3.05, 3.63) is 12.2 Å². The number of rotatable bonds is 8. The molecule has 5 aliphatic rings. The maximum Gasteiger partial charge on any atom is 0.312 e. The largest absolute Gasteiger partial charge is 0.469 e. The Labute approximate surface area is 262 Å². The molecular formula is C35H55BrO6. The fourth-order valence-corrected chi connectivity index (χ4v) is 12.4. The van der Waals surface area contributed by atoms with Gasteiger partial charge < -0.3 is 19.3 Å². The summed E-state index contributed by atoms with van der Waals surface area (Å²) in [4.78, 5) is 26.6. The Hall–Kier alpha value is -0.920. The molecule has 1 aliphatic heterocycles. The van der Waals surface area contributed by atoms with Gasteiger partial charge in [-0.3, -0.25) is 9.59 Å². The van der Waals surface area contributed by atoms with Gasteiger partial charge in [0.1, 0.15) is 0 Å². The van der Waals surface area contributed by atoms with Crippen molar-refractivity contribution in [2.75, 3.05) is 19.0 Å². The number of aliphatic hydroxyl groups excluding tert-OH is 1. The smallest absolute Gasteiger partial charge is 0.312 e. The van der Waals surface area contributed by atoms with Crippen LogP contribution in [0.2, 0.25) is 0 Å². The van der Waals surface area contributed by atoms with Crippen LogP contribution in [0.5, 0.6) is 0 Å². The summed E-state index contributed by atoms with van der Waals surface area (Å²) < 4.78 is 17.9. The maximum atomic E-state index is 14.0. The number of alkyl halides is 1. The zero-order valence-corrected chi connectivity index (χ0v) is 28.7. The van der Waals surface area contributed by atoms with Crippen molar-refractivity contribution in [1.29, 1.82) is 0 Å². The van der Waals surface area contributed by atoms with Gasteiger partial charge in [-0.25, -0.2) is 0 Å². The first kappa shape index (κ1) is 32.5. The fraction of sp³-hybridized carbons (Fsp3) is 0.886. The number of allylic oxidation sites excluding steroid dienone is 1. The van der Waals surface area contributed by atoms with Crippen molar-refractivity contribution < 1.29 is 28.9 Å². The van der Waals surface area contributed by atoms with E-state index < -0.39 is 11.5 Å². The number of halogens is 1. The third-order valence-corrected chi connectivity index (χ3v) is 14.5. The Balaban J connectivity index is 1.54. The molecule has 2 unspecified atom stereocenters. The standard InChI is InChI=1S/C35H55BrO6/c1-21(2)22-11-14-35(30(39)41-18-10-9-17-36)16-15-32(5)23(28(22)35)19-24(37)29-33(32,6)13-12-25-31(3,4)42-26(34(25,29)7)20-27(38)40-8/h22-26,28-29,37H,1,9-20H2,2-8H3/t22-,23+,24+,25?,26?,28+,29-,32+,33+,34+,35-/m0/s1. The normalized spacial score (nSPS) is 47.0. The molecule has 5 rings (SSSR count). The fourth-order valence-electron chi connectivity index (χ4n) is 12.0. The third kappa shape index (κ3) is 4.51. The van der Waals surface area contributed by atoms with Crippen LogP contribution in [-0.4, -0.2) is 53.9 Å². The molecule has 6 nitrogen and oxygen atoms in total. The van der Waals surface area contributed by atoms with E-state index in [-0.39, 0.29) is 75.9 Å². The number of carbonyl (C=O) groups excluding carboxylic acids is 2. The van der Waals surface area contributed by atoms with Crippen LogP contribution >= 0.6 is 15.9 Å². The van der Waals surface area contributed by atoms with Gasteiger partial charge in [-0.05, 0) is 119 Å². The quantitative estimate of drug-likeness (QED) is 0.129. The van der Waals surface area contributed by atoms with Crippen LogP contribution in [0.1, 0.15) is 106 Å². The lowest BCUT2D eigenvalue weighted by atomic mass is 9.33. The van der Waals surface area contributed by atoms with Crippen molar-refractivity contribution in [3.63, 3.8) is 0 Å². The zero-order valence-electron chi connectivity index (χ0n) is 27.1. The Kier molecular flexibility index (Phi) is 8.62. The Bertz CT molecular complexity index is 1090. The van der Waals surface area contributed by atoms with Crippen LogP contribution in [0.4, 0.5) is 0 Å². The van der Waals surface area contributed by atoms with Gasteiger partial charge >= 0.3 is 11.9 Å². The molecule has 0 aromatic rings. The molecule has 7 heteroatoms. The number of methoxy groups -OCH3 is 1. The van der Waals surface area contributed by atoms with Gasteiger partial charge in [0.05, 0.1) is 43.4 Å². The molecule has 238 valence electrons. The number of hydrogen-bond acceptors (Lipinski definition) is 6. The highest BCUT2D eigenvalue weighted by molar-refractivity contribution is 9.09. The Morgan fingerprint density at radius 2 is 1.74 bits per heavy atom. The van der Waals surface area contributed by atoms with E-state index in [1.807, 2.05) is 0 Å². The van der Waals surface area contributed by atoms with Crippen molar-refractivity contribution in [2.45, 2.75) is 124 Å². The molecule has 0 spiro atoms. The van der Waals surface area contributed by atoms with E-state index in [0.29, 0.717) is 13.0 Å². The molecule has 0 amide bonds. The van der Waals surface area contributed by atoms with E-state index in [2.05, 4.69) is 64.1 Å². The van der Waals surface area contributed by atoms with Crippen LogP contribution < -0.4 is 0 Å². The SMILES string of the molecule is C=C(C)[C@@H]1CC[C@]2(C(=O)OCCCCBr)CC[C@]3(C)[C@H](C[C@@H](O)[C@@H]4[C@@]5(C)C(CC(=O)OC)OC(C)(C)C5CC[C@]43C)[C@@H]12. The van der Waals surface area contributed by atoms with Gasteiger partial charge in [-0.15, -0.1) is 0 Å². The summed E-state index contributed by atoms with van der Waals surface area (Å²) in [5, 5.41) is 13.3. The predicted octanol–water partition coefficient (Wildman–Crippen LogP) is 7.25. The van der Waals surface area contributed by atoms with Gasteiger partial charge in [0.25, 0.3) is 0 Å². The molecule has 1 heterocycles. The average Bonchev–Trinajstić information content (AvgIpc) is 3.41. The minimum Gasteiger partial charge on any atom is -0.469 e. The topological polar surface area (TPSA) is 82.1 Å². The van der Waals surface area contributed by atoms with Gasteiger partial charge in [0, 0.05) is 10.7 Å². The van der Waals surface area contributed by atoms with Crippen molar-refractivity contribution in [3.8, 4) is 0 Å². The van der Waals surface area contributed by atoms with E-state index >= 15 is 0 Å². The van der Waals surface area contributed by atoms with Crippen molar-refractivity contribution >= 4 is 27.9 Å². The van der Waals surface area contributed by atoms with Crippen molar-refractivity contribution in [2.24, 2.45) is 51.2 Å². The third-order valence-electron chi connectivity index (χ3n) is 13.9. The van der Waals surface area contributed by atoms with Gasteiger partial charge in [0.15, 0.2) is 0 Å². The van der Waals surface area contributed by atoms with Gasteiger partial charge in [-0.2, -0.15) is 0 Å². The van der Waals surface area contributed by atoms with Crippen LogP contribution in [-0.2, 0) is 23.8 Å². The molecule has 0 bridgehead atoms. The molecule has 11 atom stereocenters. The number of ether oxygens (including phenoxy) is 3. The number of aliphatic hydroxyl groups is 1. The van der Waals surface area contributed by atoms with E-state index in [9.17, 15) is 14.7 Å². The number of carbonyl (C=O) groups is 2. The lowest BCUT2D eigenvalue weighted by Crippen LogP contribution is -2.69. The first-order chi connectivity index (χ1) is 19.6. The highest BCUT2D eigenvalue weighted by Gasteiger charge is 2.76. The van der Waals surface area contributed by atoms with Gasteiger partial charge in [0.2, 0.25) is 0 Å². The maximum absolute atomic E-state index is 14.0. The molecule has 42 heavy (non-hydrogen) atoms. The number of hydrogen-bond donors (Lipinski definition) is 1. The monoisotopic (exact) mass is 650 g/mol. The molecule has 4 saturated carbocycles. The van der Waals surface area contributed by atoms with E-state index in [0.717, 1.165) is 62.3 Å². The van der Waals surface area contributed by atoms with E-state index in [1.54, 1.807) is 0 Å². The molecule has 0 aromatic carbocycles. The second kappa shape index (κ2) is 11.2. The number of unbranched alkanes of at least 4 members (excludes halogenated alkanes) is 1. The summed E-state index contributed by atoms with van der Waals surface area (Å²) in [6, 6.07) is 0. The highest BCUT2D eigenvalue weighted by atomic mass is 79.9. The average molecular weight is 652 g/mol. The van der Waals surface area contributed by atoms with Crippen LogP contribution in [0.15, 0.2) is 12.2 Å². The zero-order chi connectivity index (χ0) is 30.9. The van der Waals surface area contributed by atoms with E-state index in [1.165, 1.54) is 7.11 Å². The lowest BCUT2D eigenvalue weighted by Gasteiger charge is -2.71. The van der Waals surface area contributed by atoms with Crippen LogP contribution in [0.25, 0.3) is 0 Å². The molecule has 5 fully saturated rings. The molecule has 4 aliphatic carbocycles. The molecule has 1 saturated heterocycles. The summed E-state index contributed by atoms with van der Waals surface area (Å²) in [6.45, 7) is 18.5. The lowest BCUT2D eigenvalue weighted by molar-refractivity contribution is -0.255. The molecule has 0 aromatic heterocycles. The second-order valence-corrected chi connectivity index (χ2v) is 16.7. The second-order valence-electron chi connectivity index (χ2n) is 15.9. The number of esters is 2. The van der Waals surface area contributed by atoms with Crippen LogP contribution in [0, 0.1) is 51.2 Å². The van der Waals surface area contributed by atoms with Crippen LogP contribution in [0.3, 0.4) is 0 Å². The summed E-state index contributed by atoms with van der Waals surface area (Å²) >= 11 is 3.48.